The molecule has 1 aromatic rings. The summed E-state index contributed by atoms with van der Waals surface area (Å²) < 4.78 is 13.4. The van der Waals surface area contributed by atoms with Crippen LogP contribution in [0.15, 0.2) is 18.2 Å². The third kappa shape index (κ3) is 6.04. The van der Waals surface area contributed by atoms with Gasteiger partial charge in [-0.3, -0.25) is 0 Å². The molecule has 0 aliphatic rings. The number of rotatable bonds is 10. The molecule has 1 N–H and O–H groups in total. The van der Waals surface area contributed by atoms with Gasteiger partial charge in [0.25, 0.3) is 0 Å². The second-order valence-electron chi connectivity index (χ2n) is 5.72. The molecule has 1 nitrogen and oxygen atoms in total. The van der Waals surface area contributed by atoms with Gasteiger partial charge in [-0.1, -0.05) is 58.1 Å². The van der Waals surface area contributed by atoms with Crippen molar-refractivity contribution in [1.29, 1.82) is 0 Å². The van der Waals surface area contributed by atoms with Crippen molar-refractivity contribution in [3.63, 3.8) is 0 Å². The standard InChI is InChI=1S/C18H30FN/c1-4-6-7-8-9-10-18(20-13-5-2)16-11-12-17(19)15(3)14-16/h11-12,14,18,20H,4-10,13H2,1-3H3. The molecule has 0 bridgehead atoms. The highest BCUT2D eigenvalue weighted by atomic mass is 19.1. The van der Waals surface area contributed by atoms with E-state index in [1.807, 2.05) is 19.1 Å². The highest BCUT2D eigenvalue weighted by molar-refractivity contribution is 5.26. The van der Waals surface area contributed by atoms with Crippen LogP contribution >= 0.6 is 0 Å². The van der Waals surface area contributed by atoms with Gasteiger partial charge in [0.05, 0.1) is 0 Å². The lowest BCUT2D eigenvalue weighted by Crippen LogP contribution is -2.22. The highest BCUT2D eigenvalue weighted by Gasteiger charge is 2.11. The SMILES string of the molecule is CCCCCCCC(NCCC)c1ccc(F)c(C)c1. The summed E-state index contributed by atoms with van der Waals surface area (Å²) in [6.07, 6.45) is 8.79. The van der Waals surface area contributed by atoms with Crippen LogP contribution in [0.5, 0.6) is 0 Å². The van der Waals surface area contributed by atoms with E-state index in [1.54, 1.807) is 6.07 Å². The first kappa shape index (κ1) is 17.2. The Kier molecular flexibility index (Phi) is 8.52. The second-order valence-corrected chi connectivity index (χ2v) is 5.72. The molecule has 0 radical (unpaired) electrons. The maximum absolute atomic E-state index is 13.4. The van der Waals surface area contributed by atoms with E-state index in [2.05, 4.69) is 19.2 Å². The molecule has 0 amide bonds. The minimum Gasteiger partial charge on any atom is -0.310 e. The zero-order chi connectivity index (χ0) is 14.8. The summed E-state index contributed by atoms with van der Waals surface area (Å²) in [4.78, 5) is 0. The Morgan fingerprint density at radius 1 is 1.05 bits per heavy atom. The first-order valence-electron chi connectivity index (χ1n) is 8.18. The Labute approximate surface area is 124 Å². The predicted octanol–water partition coefficient (Wildman–Crippen LogP) is 5.54. The van der Waals surface area contributed by atoms with Crippen LogP contribution in [0.25, 0.3) is 0 Å². The van der Waals surface area contributed by atoms with Gasteiger partial charge in [0.2, 0.25) is 0 Å². The van der Waals surface area contributed by atoms with Crippen LogP contribution in [0.1, 0.15) is 76.0 Å². The van der Waals surface area contributed by atoms with Crippen LogP contribution in [0.3, 0.4) is 0 Å². The molecule has 1 aromatic carbocycles. The average molecular weight is 279 g/mol. The lowest BCUT2D eigenvalue weighted by Gasteiger charge is -2.19. The first-order valence-corrected chi connectivity index (χ1v) is 8.18. The van der Waals surface area contributed by atoms with Crippen molar-refractivity contribution in [2.24, 2.45) is 0 Å². The molecular weight excluding hydrogens is 249 g/mol. The number of unbranched alkanes of at least 4 members (excludes halogenated alkanes) is 4. The maximum Gasteiger partial charge on any atom is 0.126 e. The largest absolute Gasteiger partial charge is 0.310 e. The van der Waals surface area contributed by atoms with Gasteiger partial charge in [-0.15, -0.1) is 0 Å². The minimum atomic E-state index is -0.106. The molecule has 2 heteroatoms. The van der Waals surface area contributed by atoms with E-state index in [0.717, 1.165) is 24.9 Å². The summed E-state index contributed by atoms with van der Waals surface area (Å²) in [5, 5.41) is 3.60. The van der Waals surface area contributed by atoms with Crippen molar-refractivity contribution in [3.05, 3.63) is 35.1 Å². The summed E-state index contributed by atoms with van der Waals surface area (Å²) in [6.45, 7) is 7.29. The van der Waals surface area contributed by atoms with Crippen LogP contribution < -0.4 is 5.32 Å². The molecule has 0 heterocycles. The zero-order valence-corrected chi connectivity index (χ0v) is 13.3. The fourth-order valence-corrected chi connectivity index (χ4v) is 2.54. The molecule has 0 aliphatic carbocycles. The fourth-order valence-electron chi connectivity index (χ4n) is 2.54. The highest BCUT2D eigenvalue weighted by Crippen LogP contribution is 2.22. The van der Waals surface area contributed by atoms with Crippen LogP contribution in [0.2, 0.25) is 0 Å². The molecule has 1 unspecified atom stereocenters. The third-order valence-corrected chi connectivity index (χ3v) is 3.82. The van der Waals surface area contributed by atoms with E-state index in [9.17, 15) is 4.39 Å². The van der Waals surface area contributed by atoms with Crippen molar-refractivity contribution in [2.45, 2.75) is 71.8 Å². The van der Waals surface area contributed by atoms with Gasteiger partial charge in [-0.2, -0.15) is 0 Å². The van der Waals surface area contributed by atoms with Gasteiger partial charge < -0.3 is 5.32 Å². The maximum atomic E-state index is 13.4. The number of aryl methyl sites for hydroxylation is 1. The van der Waals surface area contributed by atoms with Gasteiger partial charge in [0, 0.05) is 6.04 Å². The molecule has 1 atom stereocenters. The van der Waals surface area contributed by atoms with E-state index < -0.39 is 0 Å². The van der Waals surface area contributed by atoms with Gasteiger partial charge >= 0.3 is 0 Å². The van der Waals surface area contributed by atoms with Gasteiger partial charge in [-0.05, 0) is 43.5 Å². The summed E-state index contributed by atoms with van der Waals surface area (Å²) >= 11 is 0. The van der Waals surface area contributed by atoms with Crippen molar-refractivity contribution in [2.75, 3.05) is 6.54 Å². The second kappa shape index (κ2) is 9.93. The van der Waals surface area contributed by atoms with Crippen LogP contribution in [-0.4, -0.2) is 6.54 Å². The number of benzene rings is 1. The van der Waals surface area contributed by atoms with Crippen molar-refractivity contribution < 1.29 is 4.39 Å². The van der Waals surface area contributed by atoms with E-state index in [0.29, 0.717) is 6.04 Å². The fraction of sp³-hybridized carbons (Fsp3) is 0.667. The van der Waals surface area contributed by atoms with Gasteiger partial charge in [0.15, 0.2) is 0 Å². The quantitative estimate of drug-likeness (QED) is 0.555. The summed E-state index contributed by atoms with van der Waals surface area (Å²) in [5.74, 6) is -0.106. The molecule has 0 spiro atoms. The monoisotopic (exact) mass is 279 g/mol. The average Bonchev–Trinajstić information content (AvgIpc) is 2.45. The smallest absolute Gasteiger partial charge is 0.126 e. The van der Waals surface area contributed by atoms with Crippen molar-refractivity contribution in [1.82, 2.24) is 5.32 Å². The normalized spacial score (nSPS) is 12.6. The van der Waals surface area contributed by atoms with E-state index >= 15 is 0 Å². The lowest BCUT2D eigenvalue weighted by molar-refractivity contribution is 0.467. The van der Waals surface area contributed by atoms with Crippen LogP contribution in [-0.2, 0) is 0 Å². The van der Waals surface area contributed by atoms with E-state index in [-0.39, 0.29) is 5.82 Å². The Morgan fingerprint density at radius 2 is 1.80 bits per heavy atom. The summed E-state index contributed by atoms with van der Waals surface area (Å²) in [5.41, 5.74) is 1.98. The first-order chi connectivity index (χ1) is 9.69. The molecule has 0 aliphatic heterocycles. The molecule has 0 saturated heterocycles. The Bertz CT molecular complexity index is 376. The van der Waals surface area contributed by atoms with Crippen LogP contribution in [0.4, 0.5) is 4.39 Å². The van der Waals surface area contributed by atoms with Gasteiger partial charge in [-0.25, -0.2) is 4.39 Å². The molecule has 0 fully saturated rings. The predicted molar refractivity (Wildman–Crippen MR) is 85.5 cm³/mol. The molecule has 0 aromatic heterocycles. The van der Waals surface area contributed by atoms with Crippen molar-refractivity contribution >= 4 is 0 Å². The lowest BCUT2D eigenvalue weighted by atomic mass is 9.98. The van der Waals surface area contributed by atoms with Crippen LogP contribution in [0, 0.1) is 12.7 Å². The molecule has 0 saturated carbocycles. The topological polar surface area (TPSA) is 12.0 Å². The molecule has 114 valence electrons. The minimum absolute atomic E-state index is 0.106. The Morgan fingerprint density at radius 3 is 2.45 bits per heavy atom. The Hall–Kier alpha value is -0.890. The number of hydrogen-bond donors (Lipinski definition) is 1. The van der Waals surface area contributed by atoms with E-state index in [1.165, 1.54) is 37.7 Å². The molecular formula is C18H30FN. The van der Waals surface area contributed by atoms with Crippen molar-refractivity contribution in [3.8, 4) is 0 Å². The molecule has 1 rings (SSSR count). The van der Waals surface area contributed by atoms with Gasteiger partial charge in [0.1, 0.15) is 5.82 Å². The van der Waals surface area contributed by atoms with E-state index in [4.69, 9.17) is 0 Å². The number of hydrogen-bond acceptors (Lipinski definition) is 1. The number of halogens is 1. The Balaban J connectivity index is 2.55. The summed E-state index contributed by atoms with van der Waals surface area (Å²) in [6, 6.07) is 5.90. The summed E-state index contributed by atoms with van der Waals surface area (Å²) in [7, 11) is 0. The zero-order valence-electron chi connectivity index (χ0n) is 13.3. The third-order valence-electron chi connectivity index (χ3n) is 3.82. The number of nitrogens with one attached hydrogen (secondary N) is 1. The molecule has 20 heavy (non-hydrogen) atoms.